The number of nitro groups is 1. The van der Waals surface area contributed by atoms with Gasteiger partial charge in [-0.15, -0.1) is 0 Å². The lowest BCUT2D eigenvalue weighted by molar-refractivity contribution is -0.384. The van der Waals surface area contributed by atoms with Crippen LogP contribution in [0.3, 0.4) is 0 Å². The Kier molecular flexibility index (Phi) is 4.24. The third kappa shape index (κ3) is 3.31. The Balaban J connectivity index is 1.68. The second-order valence-electron chi connectivity index (χ2n) is 5.17. The topological polar surface area (TPSA) is 106 Å². The Hall–Kier alpha value is -2.48. The lowest BCUT2D eigenvalue weighted by atomic mass is 10.1. The van der Waals surface area contributed by atoms with E-state index >= 15 is 0 Å². The fraction of sp³-hybridized carbons (Fsp3) is 0.267. The highest BCUT2D eigenvalue weighted by Crippen LogP contribution is 2.20. The number of rotatable bonds is 5. The summed E-state index contributed by atoms with van der Waals surface area (Å²) in [5, 5.41) is 11.0. The summed E-state index contributed by atoms with van der Waals surface area (Å²) >= 11 is 1.16. The number of nitrogens with one attached hydrogen (secondary N) is 1. The number of hydrogen-bond acceptors (Lipinski definition) is 6. The molecule has 0 atom stereocenters. The quantitative estimate of drug-likeness (QED) is 0.296. The van der Waals surface area contributed by atoms with Crippen molar-refractivity contribution in [2.24, 2.45) is 0 Å². The standard InChI is InChI=1S/C15H13N3O4S/c19-13(9-4-6-10(7-5-9)18(21)22)8-23-15-16-12-3-1-2-11(12)14(20)17-15/h4-7H,1-3,8H2,(H,16,17,20). The molecule has 1 aromatic carbocycles. The number of thioether (sulfide) groups is 1. The van der Waals surface area contributed by atoms with Gasteiger partial charge in [-0.25, -0.2) is 4.98 Å². The van der Waals surface area contributed by atoms with Gasteiger partial charge in [0, 0.05) is 23.3 Å². The van der Waals surface area contributed by atoms with Crippen LogP contribution < -0.4 is 5.56 Å². The molecule has 0 radical (unpaired) electrons. The van der Waals surface area contributed by atoms with Crippen LogP contribution >= 0.6 is 11.8 Å². The molecule has 2 aromatic rings. The van der Waals surface area contributed by atoms with Crippen LogP contribution in [0.1, 0.15) is 28.0 Å². The fourth-order valence-electron chi connectivity index (χ4n) is 2.47. The fourth-order valence-corrected chi connectivity index (χ4v) is 3.25. The minimum absolute atomic E-state index is 0.0566. The van der Waals surface area contributed by atoms with Crippen molar-refractivity contribution in [2.45, 2.75) is 24.4 Å². The molecule has 3 rings (SSSR count). The molecule has 1 heterocycles. The number of fused-ring (bicyclic) bond motifs is 1. The smallest absolute Gasteiger partial charge is 0.269 e. The first-order valence-corrected chi connectivity index (χ1v) is 8.05. The maximum absolute atomic E-state index is 12.1. The summed E-state index contributed by atoms with van der Waals surface area (Å²) in [6.45, 7) is 0. The Labute approximate surface area is 135 Å². The van der Waals surface area contributed by atoms with Crippen LogP contribution in [-0.4, -0.2) is 26.4 Å². The second kappa shape index (κ2) is 6.33. The Morgan fingerprint density at radius 1 is 1.30 bits per heavy atom. The predicted molar refractivity (Wildman–Crippen MR) is 85.0 cm³/mol. The van der Waals surface area contributed by atoms with E-state index in [4.69, 9.17) is 0 Å². The highest BCUT2D eigenvalue weighted by molar-refractivity contribution is 7.99. The van der Waals surface area contributed by atoms with Gasteiger partial charge in [0.15, 0.2) is 10.9 Å². The maximum Gasteiger partial charge on any atom is 0.269 e. The molecule has 23 heavy (non-hydrogen) atoms. The zero-order valence-electron chi connectivity index (χ0n) is 12.1. The highest BCUT2D eigenvalue weighted by atomic mass is 32.2. The number of non-ortho nitro benzene ring substituents is 1. The normalized spacial score (nSPS) is 12.9. The van der Waals surface area contributed by atoms with Gasteiger partial charge in [-0.05, 0) is 31.4 Å². The molecule has 0 saturated heterocycles. The molecular formula is C15H13N3O4S. The molecule has 7 nitrogen and oxygen atoms in total. The summed E-state index contributed by atoms with van der Waals surface area (Å²) in [5.74, 6) is -0.0625. The van der Waals surface area contributed by atoms with Crippen molar-refractivity contribution >= 4 is 23.2 Å². The minimum atomic E-state index is -0.512. The van der Waals surface area contributed by atoms with Gasteiger partial charge in [0.05, 0.1) is 16.4 Å². The van der Waals surface area contributed by atoms with Crippen LogP contribution in [0.25, 0.3) is 0 Å². The summed E-state index contributed by atoms with van der Waals surface area (Å²) in [5.41, 5.74) is 1.78. The Morgan fingerprint density at radius 3 is 2.74 bits per heavy atom. The van der Waals surface area contributed by atoms with Gasteiger partial charge in [-0.1, -0.05) is 11.8 Å². The Bertz CT molecular complexity index is 830. The number of carbonyl (C=O) groups excluding carboxylic acids is 1. The van der Waals surface area contributed by atoms with Crippen molar-refractivity contribution in [2.75, 3.05) is 5.75 Å². The van der Waals surface area contributed by atoms with Gasteiger partial charge in [0.25, 0.3) is 11.2 Å². The zero-order valence-corrected chi connectivity index (χ0v) is 12.9. The van der Waals surface area contributed by atoms with E-state index < -0.39 is 4.92 Å². The minimum Gasteiger partial charge on any atom is -0.301 e. The molecule has 118 valence electrons. The van der Waals surface area contributed by atoms with E-state index in [1.54, 1.807) is 0 Å². The average Bonchev–Trinajstić information content (AvgIpc) is 3.02. The van der Waals surface area contributed by atoms with Crippen LogP contribution in [0, 0.1) is 10.1 Å². The maximum atomic E-state index is 12.1. The number of benzene rings is 1. The number of carbonyl (C=O) groups is 1. The van der Waals surface area contributed by atoms with Crippen molar-refractivity contribution < 1.29 is 9.72 Å². The number of Topliss-reactive ketones (excluding diaryl/α,β-unsaturated/α-hetero) is 1. The van der Waals surface area contributed by atoms with Crippen LogP contribution in [-0.2, 0) is 12.8 Å². The van der Waals surface area contributed by atoms with E-state index in [1.807, 2.05) is 0 Å². The third-order valence-corrected chi connectivity index (χ3v) is 4.53. The van der Waals surface area contributed by atoms with Crippen molar-refractivity contribution in [1.82, 2.24) is 9.97 Å². The predicted octanol–water partition coefficient (Wildman–Crippen LogP) is 2.14. The second-order valence-corrected chi connectivity index (χ2v) is 6.13. The first-order chi connectivity index (χ1) is 11.0. The van der Waals surface area contributed by atoms with Gasteiger partial charge in [0.2, 0.25) is 0 Å². The molecule has 0 spiro atoms. The van der Waals surface area contributed by atoms with Crippen molar-refractivity contribution in [3.05, 3.63) is 61.6 Å². The molecule has 1 N–H and O–H groups in total. The van der Waals surface area contributed by atoms with Crippen LogP contribution in [0.5, 0.6) is 0 Å². The third-order valence-electron chi connectivity index (χ3n) is 3.66. The Morgan fingerprint density at radius 2 is 2.04 bits per heavy atom. The summed E-state index contributed by atoms with van der Waals surface area (Å²) in [6, 6.07) is 5.46. The molecular weight excluding hydrogens is 318 g/mol. The molecule has 1 aliphatic rings. The molecule has 1 aliphatic carbocycles. The molecule has 8 heteroatoms. The molecule has 0 saturated carbocycles. The molecule has 1 aromatic heterocycles. The number of nitrogens with zero attached hydrogens (tertiary/aromatic N) is 2. The van der Waals surface area contributed by atoms with Crippen molar-refractivity contribution in [3.63, 3.8) is 0 Å². The van der Waals surface area contributed by atoms with Gasteiger partial charge >= 0.3 is 0 Å². The van der Waals surface area contributed by atoms with Crippen molar-refractivity contribution in [3.8, 4) is 0 Å². The van der Waals surface area contributed by atoms with Gasteiger partial charge in [-0.3, -0.25) is 19.7 Å². The van der Waals surface area contributed by atoms with Crippen LogP contribution in [0.2, 0.25) is 0 Å². The van der Waals surface area contributed by atoms with Gasteiger partial charge < -0.3 is 4.98 Å². The summed E-state index contributed by atoms with van der Waals surface area (Å²) in [6.07, 6.45) is 2.48. The van der Waals surface area contributed by atoms with E-state index in [2.05, 4.69) is 9.97 Å². The number of aromatic nitrogens is 2. The van der Waals surface area contributed by atoms with E-state index in [-0.39, 0.29) is 22.8 Å². The number of aryl methyl sites for hydroxylation is 1. The van der Waals surface area contributed by atoms with Gasteiger partial charge in [0.1, 0.15) is 0 Å². The average molecular weight is 331 g/mol. The zero-order chi connectivity index (χ0) is 16.4. The number of nitro benzene ring substituents is 1. The lowest BCUT2D eigenvalue weighted by Gasteiger charge is -2.03. The SMILES string of the molecule is O=C(CSc1nc2c(c(=O)[nH]1)CCC2)c1ccc([N+](=O)[O-])cc1. The lowest BCUT2D eigenvalue weighted by Crippen LogP contribution is -2.15. The van der Waals surface area contributed by atoms with E-state index in [0.29, 0.717) is 10.7 Å². The number of hydrogen-bond donors (Lipinski definition) is 1. The molecule has 0 bridgehead atoms. The largest absolute Gasteiger partial charge is 0.301 e. The molecule has 0 unspecified atom stereocenters. The number of H-pyrrole nitrogens is 1. The van der Waals surface area contributed by atoms with E-state index in [1.165, 1.54) is 24.3 Å². The molecule has 0 aliphatic heterocycles. The first kappa shape index (κ1) is 15.4. The van der Waals surface area contributed by atoms with E-state index in [0.717, 1.165) is 42.3 Å². The van der Waals surface area contributed by atoms with E-state index in [9.17, 15) is 19.7 Å². The summed E-state index contributed by atoms with van der Waals surface area (Å²) in [4.78, 5) is 41.2. The monoisotopic (exact) mass is 331 g/mol. The number of aromatic amines is 1. The first-order valence-electron chi connectivity index (χ1n) is 7.07. The summed E-state index contributed by atoms with van der Waals surface area (Å²) < 4.78 is 0. The molecule has 0 fully saturated rings. The van der Waals surface area contributed by atoms with Crippen molar-refractivity contribution in [1.29, 1.82) is 0 Å². The van der Waals surface area contributed by atoms with Crippen LogP contribution in [0.15, 0.2) is 34.2 Å². The molecule has 0 amide bonds. The summed E-state index contributed by atoms with van der Waals surface area (Å²) in [7, 11) is 0. The van der Waals surface area contributed by atoms with Gasteiger partial charge in [-0.2, -0.15) is 0 Å². The number of ketones is 1. The highest BCUT2D eigenvalue weighted by Gasteiger charge is 2.18. The van der Waals surface area contributed by atoms with Crippen LogP contribution in [0.4, 0.5) is 5.69 Å².